The molecular weight excluding hydrogens is 494 g/mol. The summed E-state index contributed by atoms with van der Waals surface area (Å²) in [7, 11) is -0.969. The summed E-state index contributed by atoms with van der Waals surface area (Å²) in [4.78, 5) is 28.4. The van der Waals surface area contributed by atoms with Gasteiger partial charge in [-0.3, -0.25) is 13.9 Å². The third-order valence-corrected chi connectivity index (χ3v) is 7.33. The molecule has 10 heteroatoms. The molecule has 1 N–H and O–H groups in total. The number of hydrogen-bond acceptors (Lipinski definition) is 6. The van der Waals surface area contributed by atoms with Crippen molar-refractivity contribution in [2.24, 2.45) is 0 Å². The van der Waals surface area contributed by atoms with Crippen LogP contribution in [-0.2, 0) is 26.0 Å². The van der Waals surface area contributed by atoms with Gasteiger partial charge in [-0.1, -0.05) is 44.2 Å². The van der Waals surface area contributed by atoms with Gasteiger partial charge in [-0.25, -0.2) is 8.42 Å². The average molecular weight is 534 g/mol. The van der Waals surface area contributed by atoms with Gasteiger partial charge in [0.25, 0.3) is 0 Å². The number of hydrogen-bond donors (Lipinski definition) is 1. The standard InChI is InChI=1S/C27H39N3O6S/c1-7-20(3)28-27(32)23(8-2)29(17-16-21-12-10-9-11-13-21)26(31)19-30(37(6,33)34)24-15-14-22(35-4)18-25(24)36-5/h9-15,18,20,23H,7-8,16-17,19H2,1-6H3,(H,28,32)/t20-,23-/m1/s1. The highest BCUT2D eigenvalue weighted by Gasteiger charge is 2.32. The maximum Gasteiger partial charge on any atom is 0.244 e. The van der Waals surface area contributed by atoms with Crippen molar-refractivity contribution in [1.29, 1.82) is 0 Å². The van der Waals surface area contributed by atoms with Gasteiger partial charge >= 0.3 is 0 Å². The molecule has 0 aliphatic rings. The van der Waals surface area contributed by atoms with Gasteiger partial charge in [0.15, 0.2) is 0 Å². The largest absolute Gasteiger partial charge is 0.497 e. The number of carbonyl (C=O) groups is 2. The van der Waals surface area contributed by atoms with Gasteiger partial charge in [0.05, 0.1) is 26.2 Å². The Bertz CT molecular complexity index is 1140. The molecule has 0 aliphatic carbocycles. The Morgan fingerprint density at radius 2 is 1.68 bits per heavy atom. The predicted molar refractivity (Wildman–Crippen MR) is 146 cm³/mol. The van der Waals surface area contributed by atoms with Gasteiger partial charge in [0.2, 0.25) is 21.8 Å². The van der Waals surface area contributed by atoms with Crippen LogP contribution in [0.25, 0.3) is 0 Å². The van der Waals surface area contributed by atoms with Crippen molar-refractivity contribution in [2.45, 2.75) is 52.1 Å². The lowest BCUT2D eigenvalue weighted by atomic mass is 10.1. The minimum Gasteiger partial charge on any atom is -0.497 e. The Labute approximate surface area is 220 Å². The van der Waals surface area contributed by atoms with Crippen LogP contribution < -0.4 is 19.1 Å². The number of sulfonamides is 1. The predicted octanol–water partition coefficient (Wildman–Crippen LogP) is 3.23. The van der Waals surface area contributed by atoms with Crippen LogP contribution in [-0.4, -0.2) is 70.8 Å². The third kappa shape index (κ3) is 8.38. The Morgan fingerprint density at radius 1 is 1.00 bits per heavy atom. The molecule has 2 atom stereocenters. The van der Waals surface area contributed by atoms with Crippen LogP contribution in [0.1, 0.15) is 39.2 Å². The van der Waals surface area contributed by atoms with Gasteiger partial charge in [-0.05, 0) is 43.9 Å². The fourth-order valence-electron chi connectivity index (χ4n) is 3.92. The van der Waals surface area contributed by atoms with Crippen molar-refractivity contribution in [1.82, 2.24) is 10.2 Å². The van der Waals surface area contributed by atoms with Crippen LogP contribution in [0, 0.1) is 0 Å². The number of rotatable bonds is 14. The van der Waals surface area contributed by atoms with Crippen LogP contribution in [0.3, 0.4) is 0 Å². The first-order chi connectivity index (χ1) is 17.5. The van der Waals surface area contributed by atoms with E-state index in [1.165, 1.54) is 25.2 Å². The zero-order chi connectivity index (χ0) is 27.6. The molecule has 0 saturated carbocycles. The van der Waals surface area contributed by atoms with Crippen LogP contribution >= 0.6 is 0 Å². The number of nitrogens with one attached hydrogen (secondary N) is 1. The molecule has 2 aromatic rings. The summed E-state index contributed by atoms with van der Waals surface area (Å²) in [5, 5.41) is 2.96. The van der Waals surface area contributed by atoms with E-state index in [-0.39, 0.29) is 29.9 Å². The number of amides is 2. The Morgan fingerprint density at radius 3 is 2.22 bits per heavy atom. The topological polar surface area (TPSA) is 105 Å². The van der Waals surface area contributed by atoms with Crippen LogP contribution in [0.4, 0.5) is 5.69 Å². The molecule has 2 aromatic carbocycles. The normalized spacial score (nSPS) is 12.8. The molecular formula is C27H39N3O6S. The van der Waals surface area contributed by atoms with Gasteiger partial charge in [-0.2, -0.15) is 0 Å². The van der Waals surface area contributed by atoms with E-state index in [9.17, 15) is 18.0 Å². The minimum atomic E-state index is -3.88. The van der Waals surface area contributed by atoms with Gasteiger partial charge in [-0.15, -0.1) is 0 Å². The molecule has 0 unspecified atom stereocenters. The Hall–Kier alpha value is -3.27. The second-order valence-corrected chi connectivity index (χ2v) is 10.8. The molecule has 0 heterocycles. The lowest BCUT2D eigenvalue weighted by molar-refractivity contribution is -0.139. The molecule has 0 bridgehead atoms. The van der Waals surface area contributed by atoms with Crippen molar-refractivity contribution < 1.29 is 27.5 Å². The minimum absolute atomic E-state index is 0.0521. The lowest BCUT2D eigenvalue weighted by Crippen LogP contribution is -2.54. The van der Waals surface area contributed by atoms with E-state index >= 15 is 0 Å². The molecule has 0 spiro atoms. The molecule has 0 aromatic heterocycles. The number of ether oxygens (including phenoxy) is 2. The van der Waals surface area contributed by atoms with Gasteiger partial charge in [0, 0.05) is 18.7 Å². The SMILES string of the molecule is CC[C@@H](C)NC(=O)[C@@H](CC)N(CCc1ccccc1)C(=O)CN(c1ccc(OC)cc1OC)S(C)(=O)=O. The molecule has 2 amide bonds. The fourth-order valence-corrected chi connectivity index (χ4v) is 4.78. The van der Waals surface area contributed by atoms with E-state index in [0.29, 0.717) is 18.6 Å². The second kappa shape index (κ2) is 13.9. The Kier molecular flexibility index (Phi) is 11.2. The van der Waals surface area contributed by atoms with Crippen molar-refractivity contribution in [2.75, 3.05) is 37.9 Å². The molecule has 0 saturated heterocycles. The molecule has 9 nitrogen and oxygen atoms in total. The second-order valence-electron chi connectivity index (χ2n) is 8.87. The molecule has 0 fully saturated rings. The zero-order valence-corrected chi connectivity index (χ0v) is 23.4. The van der Waals surface area contributed by atoms with Crippen molar-refractivity contribution in [3.63, 3.8) is 0 Å². The highest BCUT2D eigenvalue weighted by atomic mass is 32.2. The van der Waals surface area contributed by atoms with Crippen molar-refractivity contribution in [3.8, 4) is 11.5 Å². The molecule has 2 rings (SSSR count). The summed E-state index contributed by atoms with van der Waals surface area (Å²) in [5.41, 5.74) is 1.22. The van der Waals surface area contributed by atoms with Crippen LogP contribution in [0.5, 0.6) is 11.5 Å². The van der Waals surface area contributed by atoms with Crippen LogP contribution in [0.15, 0.2) is 48.5 Å². The smallest absolute Gasteiger partial charge is 0.244 e. The van der Waals surface area contributed by atoms with Gasteiger partial charge < -0.3 is 19.7 Å². The number of methoxy groups -OCH3 is 2. The maximum atomic E-state index is 13.8. The molecule has 37 heavy (non-hydrogen) atoms. The van der Waals surface area contributed by atoms with E-state index in [2.05, 4.69) is 5.32 Å². The highest BCUT2D eigenvalue weighted by molar-refractivity contribution is 7.92. The number of benzene rings is 2. The summed E-state index contributed by atoms with van der Waals surface area (Å²) in [5.74, 6) is -0.0100. The Balaban J connectivity index is 2.43. The van der Waals surface area contributed by atoms with E-state index in [1.807, 2.05) is 51.1 Å². The molecule has 0 aliphatic heterocycles. The average Bonchev–Trinajstić information content (AvgIpc) is 2.88. The van der Waals surface area contributed by atoms with Crippen molar-refractivity contribution in [3.05, 3.63) is 54.1 Å². The first-order valence-corrected chi connectivity index (χ1v) is 14.2. The summed E-state index contributed by atoms with van der Waals surface area (Å²) >= 11 is 0. The third-order valence-electron chi connectivity index (χ3n) is 6.21. The van der Waals surface area contributed by atoms with E-state index in [4.69, 9.17) is 9.47 Å². The lowest BCUT2D eigenvalue weighted by Gasteiger charge is -2.33. The van der Waals surface area contributed by atoms with E-state index in [1.54, 1.807) is 12.1 Å². The monoisotopic (exact) mass is 533 g/mol. The first-order valence-electron chi connectivity index (χ1n) is 12.4. The van der Waals surface area contributed by atoms with E-state index in [0.717, 1.165) is 22.5 Å². The van der Waals surface area contributed by atoms with Gasteiger partial charge in [0.1, 0.15) is 24.1 Å². The molecule has 204 valence electrons. The van der Waals surface area contributed by atoms with Crippen LogP contribution in [0.2, 0.25) is 0 Å². The van der Waals surface area contributed by atoms with E-state index < -0.39 is 28.5 Å². The number of anilines is 1. The van der Waals surface area contributed by atoms with Crippen molar-refractivity contribution >= 4 is 27.5 Å². The summed E-state index contributed by atoms with van der Waals surface area (Å²) in [6.45, 7) is 5.49. The fraction of sp³-hybridized carbons (Fsp3) is 0.481. The summed E-state index contributed by atoms with van der Waals surface area (Å²) in [6.07, 6.45) is 2.68. The quantitative estimate of drug-likeness (QED) is 0.400. The highest BCUT2D eigenvalue weighted by Crippen LogP contribution is 2.33. The zero-order valence-electron chi connectivity index (χ0n) is 22.6. The first kappa shape index (κ1) is 30.0. The summed E-state index contributed by atoms with van der Waals surface area (Å²) in [6, 6.07) is 13.5. The summed E-state index contributed by atoms with van der Waals surface area (Å²) < 4.78 is 37.3. The molecule has 0 radical (unpaired) electrons. The number of carbonyl (C=O) groups excluding carboxylic acids is 2. The number of nitrogens with zero attached hydrogens (tertiary/aromatic N) is 2. The maximum absolute atomic E-state index is 13.8.